The van der Waals surface area contributed by atoms with Crippen LogP contribution in [0.1, 0.15) is 19.8 Å². The molecule has 1 aromatic heterocycles. The zero-order valence-electron chi connectivity index (χ0n) is 9.81. The maximum atomic E-state index is 8.91. The number of hydrogen-bond acceptors (Lipinski definition) is 5. The fraction of sp³-hybridized carbons (Fsp3) is 0.417. The van der Waals surface area contributed by atoms with Crippen molar-refractivity contribution in [2.24, 2.45) is 0 Å². The molecule has 0 aliphatic carbocycles. The fourth-order valence-corrected chi connectivity index (χ4v) is 1.71. The van der Waals surface area contributed by atoms with E-state index in [4.69, 9.17) is 15.3 Å². The fourth-order valence-electron chi connectivity index (χ4n) is 1.71. The highest BCUT2D eigenvalue weighted by Crippen LogP contribution is 2.22. The number of aliphatic hydroxyl groups excluding tert-OH is 1. The summed E-state index contributed by atoms with van der Waals surface area (Å²) in [4.78, 5) is 4.31. The van der Waals surface area contributed by atoms with Crippen LogP contribution in [-0.4, -0.2) is 22.7 Å². The van der Waals surface area contributed by atoms with Crippen molar-refractivity contribution in [3.8, 4) is 0 Å². The molecule has 0 spiro atoms. The van der Waals surface area contributed by atoms with E-state index >= 15 is 0 Å². The first-order valence-electron chi connectivity index (χ1n) is 5.76. The number of aromatic nitrogens is 1. The van der Waals surface area contributed by atoms with Crippen molar-refractivity contribution in [3.05, 3.63) is 18.2 Å². The van der Waals surface area contributed by atoms with E-state index in [9.17, 15) is 0 Å². The Hall–Kier alpha value is -1.75. The van der Waals surface area contributed by atoms with Crippen molar-refractivity contribution >= 4 is 22.8 Å². The zero-order valence-corrected chi connectivity index (χ0v) is 9.81. The molecular weight excluding hydrogens is 218 g/mol. The van der Waals surface area contributed by atoms with Crippen molar-refractivity contribution in [2.45, 2.75) is 25.8 Å². The summed E-state index contributed by atoms with van der Waals surface area (Å²) in [5.74, 6) is 0. The van der Waals surface area contributed by atoms with E-state index in [0.717, 1.165) is 11.9 Å². The third kappa shape index (κ3) is 2.68. The monoisotopic (exact) mass is 235 g/mol. The second-order valence-electron chi connectivity index (χ2n) is 4.01. The number of nitrogens with two attached hydrogens (primary N) is 1. The first-order chi connectivity index (χ1) is 8.22. The number of nitrogens with zero attached hydrogens (tertiary/aromatic N) is 1. The Morgan fingerprint density at radius 2 is 2.35 bits per heavy atom. The zero-order chi connectivity index (χ0) is 12.3. The summed E-state index contributed by atoms with van der Waals surface area (Å²) in [6.07, 6.45) is 1.58. The Kier molecular flexibility index (Phi) is 3.49. The van der Waals surface area contributed by atoms with Crippen LogP contribution >= 0.6 is 0 Å². The molecule has 0 aliphatic rings. The molecule has 5 heteroatoms. The minimum atomic E-state index is 0.151. The van der Waals surface area contributed by atoms with Gasteiger partial charge < -0.3 is 20.6 Å². The van der Waals surface area contributed by atoms with Gasteiger partial charge in [0.05, 0.1) is 0 Å². The molecule has 92 valence electrons. The molecule has 4 N–H and O–H groups in total. The van der Waals surface area contributed by atoms with Crippen LogP contribution in [-0.2, 0) is 0 Å². The quantitative estimate of drug-likeness (QED) is 0.690. The summed E-state index contributed by atoms with van der Waals surface area (Å²) in [5, 5.41) is 12.1. The van der Waals surface area contributed by atoms with E-state index in [1.54, 1.807) is 12.1 Å². The Morgan fingerprint density at radius 1 is 1.53 bits per heavy atom. The molecule has 0 radical (unpaired) electrons. The van der Waals surface area contributed by atoms with Crippen LogP contribution in [0, 0.1) is 0 Å². The number of nitrogen functional groups attached to an aromatic ring is 1. The van der Waals surface area contributed by atoms with Crippen LogP contribution in [0.2, 0.25) is 0 Å². The average molecular weight is 235 g/mol. The van der Waals surface area contributed by atoms with Gasteiger partial charge in [0, 0.05) is 24.4 Å². The highest BCUT2D eigenvalue weighted by molar-refractivity contribution is 5.78. The van der Waals surface area contributed by atoms with E-state index in [1.165, 1.54) is 0 Å². The van der Waals surface area contributed by atoms with Gasteiger partial charge in [0.25, 0.3) is 6.01 Å². The van der Waals surface area contributed by atoms with Gasteiger partial charge in [-0.3, -0.25) is 0 Å². The van der Waals surface area contributed by atoms with Gasteiger partial charge in [0.1, 0.15) is 5.52 Å². The van der Waals surface area contributed by atoms with E-state index < -0.39 is 0 Å². The molecule has 2 rings (SSSR count). The molecule has 0 fully saturated rings. The molecule has 1 unspecified atom stereocenters. The number of benzene rings is 1. The smallest absolute Gasteiger partial charge is 0.295 e. The van der Waals surface area contributed by atoms with Gasteiger partial charge in [-0.25, -0.2) is 0 Å². The van der Waals surface area contributed by atoms with Crippen LogP contribution in [0.3, 0.4) is 0 Å². The highest BCUT2D eigenvalue weighted by Gasteiger charge is 2.10. The number of nitrogens with one attached hydrogen (secondary N) is 1. The van der Waals surface area contributed by atoms with Gasteiger partial charge >= 0.3 is 0 Å². The first-order valence-corrected chi connectivity index (χ1v) is 5.76. The molecular formula is C12H17N3O2. The Balaban J connectivity index is 2.18. The Morgan fingerprint density at radius 3 is 3.06 bits per heavy atom. The lowest BCUT2D eigenvalue weighted by molar-refractivity contribution is 0.277. The molecule has 1 atom stereocenters. The van der Waals surface area contributed by atoms with E-state index in [1.807, 2.05) is 13.0 Å². The van der Waals surface area contributed by atoms with Gasteiger partial charge in [-0.15, -0.1) is 0 Å². The van der Waals surface area contributed by atoms with E-state index in [0.29, 0.717) is 23.7 Å². The lowest BCUT2D eigenvalue weighted by Gasteiger charge is -2.13. The Bertz CT molecular complexity index is 495. The second kappa shape index (κ2) is 5.05. The lowest BCUT2D eigenvalue weighted by atomic mass is 10.2. The molecule has 0 aliphatic heterocycles. The van der Waals surface area contributed by atoms with Crippen LogP contribution in [0.15, 0.2) is 22.6 Å². The molecule has 0 amide bonds. The lowest BCUT2D eigenvalue weighted by Crippen LogP contribution is -2.19. The third-order valence-corrected chi connectivity index (χ3v) is 2.71. The van der Waals surface area contributed by atoms with Crippen molar-refractivity contribution in [1.29, 1.82) is 0 Å². The third-order valence-electron chi connectivity index (χ3n) is 2.71. The molecule has 0 saturated heterocycles. The van der Waals surface area contributed by atoms with Crippen molar-refractivity contribution < 1.29 is 9.52 Å². The number of aliphatic hydroxyl groups is 1. The number of oxazole rings is 1. The number of hydrogen-bond donors (Lipinski definition) is 3. The molecule has 2 aromatic rings. The van der Waals surface area contributed by atoms with Gasteiger partial charge in [0.15, 0.2) is 5.58 Å². The van der Waals surface area contributed by atoms with Crippen LogP contribution in [0.25, 0.3) is 11.1 Å². The molecule has 1 heterocycles. The van der Waals surface area contributed by atoms with E-state index in [-0.39, 0.29) is 12.6 Å². The van der Waals surface area contributed by atoms with E-state index in [2.05, 4.69) is 10.3 Å². The largest absolute Gasteiger partial charge is 0.423 e. The average Bonchev–Trinajstić information content (AvgIpc) is 2.69. The maximum Gasteiger partial charge on any atom is 0.295 e. The van der Waals surface area contributed by atoms with Crippen LogP contribution in [0.4, 0.5) is 11.7 Å². The summed E-state index contributed by atoms with van der Waals surface area (Å²) in [6.45, 7) is 2.20. The summed E-state index contributed by atoms with van der Waals surface area (Å²) in [6, 6.07) is 6.02. The topological polar surface area (TPSA) is 84.3 Å². The second-order valence-corrected chi connectivity index (χ2v) is 4.01. The first kappa shape index (κ1) is 11.7. The normalized spacial score (nSPS) is 12.8. The summed E-state index contributed by atoms with van der Waals surface area (Å²) < 4.78 is 5.54. The molecule has 5 nitrogen and oxygen atoms in total. The molecule has 0 saturated carbocycles. The standard InChI is InChI=1S/C12H17N3O2/c1-2-9(5-6-16)14-12-15-10-4-3-8(13)7-11(10)17-12/h3-4,7,9,16H,2,5-6,13H2,1H3,(H,14,15). The van der Waals surface area contributed by atoms with Gasteiger partial charge in [-0.2, -0.15) is 4.98 Å². The van der Waals surface area contributed by atoms with Gasteiger partial charge in [0.2, 0.25) is 0 Å². The van der Waals surface area contributed by atoms with Crippen molar-refractivity contribution in [1.82, 2.24) is 4.98 Å². The molecule has 0 bridgehead atoms. The predicted molar refractivity (Wildman–Crippen MR) is 67.8 cm³/mol. The summed E-state index contributed by atoms with van der Waals surface area (Å²) in [5.41, 5.74) is 7.77. The SMILES string of the molecule is CCC(CCO)Nc1nc2ccc(N)cc2o1. The molecule has 17 heavy (non-hydrogen) atoms. The van der Waals surface area contributed by atoms with Crippen LogP contribution in [0.5, 0.6) is 0 Å². The summed E-state index contributed by atoms with van der Waals surface area (Å²) in [7, 11) is 0. The minimum Gasteiger partial charge on any atom is -0.423 e. The molecule has 1 aromatic carbocycles. The van der Waals surface area contributed by atoms with Crippen molar-refractivity contribution in [2.75, 3.05) is 17.7 Å². The number of fused-ring (bicyclic) bond motifs is 1. The highest BCUT2D eigenvalue weighted by atomic mass is 16.4. The van der Waals surface area contributed by atoms with Gasteiger partial charge in [-0.1, -0.05) is 6.92 Å². The summed E-state index contributed by atoms with van der Waals surface area (Å²) >= 11 is 0. The number of rotatable bonds is 5. The van der Waals surface area contributed by atoms with Crippen molar-refractivity contribution in [3.63, 3.8) is 0 Å². The van der Waals surface area contributed by atoms with Gasteiger partial charge in [-0.05, 0) is 25.0 Å². The Labute approximate surface area is 99.6 Å². The minimum absolute atomic E-state index is 0.151. The van der Waals surface area contributed by atoms with Crippen LogP contribution < -0.4 is 11.1 Å². The predicted octanol–water partition coefficient (Wildman–Crippen LogP) is 1.98. The number of anilines is 2. The maximum absolute atomic E-state index is 8.91.